The van der Waals surface area contributed by atoms with Crippen LogP contribution in [0.25, 0.3) is 11.2 Å². The van der Waals surface area contributed by atoms with Gasteiger partial charge in [0.15, 0.2) is 5.65 Å². The molecule has 1 aliphatic carbocycles. The highest BCUT2D eigenvalue weighted by molar-refractivity contribution is 5.79. The summed E-state index contributed by atoms with van der Waals surface area (Å²) in [6, 6.07) is 2.64. The molecule has 2 heterocycles. The van der Waals surface area contributed by atoms with Crippen LogP contribution in [-0.4, -0.2) is 37.5 Å². The topological polar surface area (TPSA) is 68.0 Å². The fourth-order valence-electron chi connectivity index (χ4n) is 2.93. The average molecular weight is 421 g/mol. The fraction of sp³-hybridized carbons (Fsp3) is 0.632. The van der Waals surface area contributed by atoms with Gasteiger partial charge < -0.3 is 9.67 Å². The van der Waals surface area contributed by atoms with Crippen LogP contribution in [0.3, 0.4) is 0 Å². The van der Waals surface area contributed by atoms with Gasteiger partial charge in [-0.25, -0.2) is 18.7 Å². The molecule has 0 amide bonds. The molecule has 0 aliphatic heterocycles. The molecule has 1 aliphatic rings. The molecule has 2 aromatic heterocycles. The molecule has 0 aromatic carbocycles. The second-order valence-electron chi connectivity index (χ2n) is 7.38. The number of hydrogen-bond acceptors (Lipinski definition) is 4. The number of nitrogens with zero attached hydrogens (tertiary/aromatic N) is 3. The lowest BCUT2D eigenvalue weighted by molar-refractivity contribution is -0.141. The van der Waals surface area contributed by atoms with Crippen LogP contribution in [0.15, 0.2) is 12.1 Å². The lowest BCUT2D eigenvalue weighted by Crippen LogP contribution is -2.35. The minimum Gasteiger partial charge on any atom is -0.384 e. The third kappa shape index (κ3) is 5.49. The number of alkyl halides is 5. The molecule has 162 valence electrons. The Morgan fingerprint density at radius 3 is 2.34 bits per heavy atom. The third-order valence-corrected chi connectivity index (χ3v) is 4.86. The van der Waals surface area contributed by atoms with Gasteiger partial charge in [-0.05, 0) is 45.2 Å². The number of rotatable bonds is 5. The summed E-state index contributed by atoms with van der Waals surface area (Å²) in [4.78, 5) is 18.7. The van der Waals surface area contributed by atoms with Crippen LogP contribution in [0.4, 0.5) is 22.0 Å². The highest BCUT2D eigenvalue weighted by Gasteiger charge is 2.34. The van der Waals surface area contributed by atoms with Gasteiger partial charge in [0, 0.05) is 18.9 Å². The summed E-state index contributed by atoms with van der Waals surface area (Å²) in [5, 5.41) is 8.92. The zero-order chi connectivity index (χ0) is 22.0. The molecule has 0 radical (unpaired) electrons. The van der Waals surface area contributed by atoms with Crippen LogP contribution in [0.1, 0.15) is 63.5 Å². The number of Topliss-reactive ketones (excluding diaryl/α,β-unsaturated/α-hetero) is 1. The van der Waals surface area contributed by atoms with Gasteiger partial charge in [0.05, 0.1) is 0 Å². The number of imidazole rings is 1. The highest BCUT2D eigenvalue weighted by atomic mass is 19.4. The number of fused-ring (bicyclic) bond motifs is 1. The second kappa shape index (κ2) is 8.73. The van der Waals surface area contributed by atoms with Crippen molar-refractivity contribution in [2.45, 2.75) is 77.1 Å². The summed E-state index contributed by atoms with van der Waals surface area (Å²) in [6.45, 7) is 4.35. The van der Waals surface area contributed by atoms with E-state index in [1.807, 2.05) is 11.5 Å². The molecule has 1 atom stereocenters. The van der Waals surface area contributed by atoms with Crippen molar-refractivity contribution in [3.05, 3.63) is 23.7 Å². The molecule has 29 heavy (non-hydrogen) atoms. The number of halogens is 5. The van der Waals surface area contributed by atoms with E-state index in [4.69, 9.17) is 5.11 Å². The number of aryl methyl sites for hydroxylation is 1. The predicted octanol–water partition coefficient (Wildman–Crippen LogP) is 4.86. The summed E-state index contributed by atoms with van der Waals surface area (Å²) in [5.74, 6) is 0.386. The van der Waals surface area contributed by atoms with E-state index in [1.165, 1.54) is 6.07 Å². The Hall–Kier alpha value is -2.10. The Balaban J connectivity index is 0.000000237. The van der Waals surface area contributed by atoms with Gasteiger partial charge in [-0.2, -0.15) is 13.2 Å². The Bertz CT molecular complexity index is 857. The number of aromatic nitrogens is 3. The molecule has 3 rings (SSSR count). The van der Waals surface area contributed by atoms with E-state index in [-0.39, 0.29) is 18.2 Å². The number of aliphatic hydroxyl groups is 1. The van der Waals surface area contributed by atoms with E-state index in [0.717, 1.165) is 38.1 Å². The summed E-state index contributed by atoms with van der Waals surface area (Å²) in [7, 11) is 0. The third-order valence-electron chi connectivity index (χ3n) is 4.86. The first-order valence-corrected chi connectivity index (χ1v) is 9.31. The number of ketones is 1. The van der Waals surface area contributed by atoms with Gasteiger partial charge in [0.25, 0.3) is 6.43 Å². The van der Waals surface area contributed by atoms with Crippen molar-refractivity contribution >= 4 is 16.9 Å². The van der Waals surface area contributed by atoms with Crippen molar-refractivity contribution in [2.24, 2.45) is 0 Å². The lowest BCUT2D eigenvalue weighted by atomic mass is 9.93. The van der Waals surface area contributed by atoms with Crippen molar-refractivity contribution in [3.63, 3.8) is 0 Å². The predicted molar refractivity (Wildman–Crippen MR) is 96.7 cm³/mol. The Morgan fingerprint density at radius 1 is 1.28 bits per heavy atom. The summed E-state index contributed by atoms with van der Waals surface area (Å²) in [6.07, 6.45) is -4.46. The van der Waals surface area contributed by atoms with E-state index < -0.39 is 30.3 Å². The van der Waals surface area contributed by atoms with Crippen LogP contribution >= 0.6 is 0 Å². The molecule has 0 spiro atoms. The molecular weight excluding hydrogens is 397 g/mol. The van der Waals surface area contributed by atoms with Gasteiger partial charge in [-0.3, -0.25) is 4.79 Å². The zero-order valence-corrected chi connectivity index (χ0v) is 16.4. The highest BCUT2D eigenvalue weighted by Crippen LogP contribution is 2.36. The summed E-state index contributed by atoms with van der Waals surface area (Å²) >= 11 is 0. The molecule has 10 heteroatoms. The Kier molecular flexibility index (Phi) is 6.97. The van der Waals surface area contributed by atoms with Gasteiger partial charge in [0.2, 0.25) is 0 Å². The molecule has 2 aromatic rings. The van der Waals surface area contributed by atoms with Crippen molar-refractivity contribution in [1.82, 2.24) is 14.5 Å². The first-order valence-electron chi connectivity index (χ1n) is 9.31. The number of pyridine rings is 1. The Morgan fingerprint density at radius 2 is 1.90 bits per heavy atom. The van der Waals surface area contributed by atoms with Gasteiger partial charge in [-0.1, -0.05) is 6.92 Å². The first-order chi connectivity index (χ1) is 13.4. The molecule has 1 N–H and O–H groups in total. The number of hydrogen-bond donors (Lipinski definition) is 1. The first kappa shape index (κ1) is 23.2. The van der Waals surface area contributed by atoms with Gasteiger partial charge in [-0.15, -0.1) is 0 Å². The summed E-state index contributed by atoms with van der Waals surface area (Å²) < 4.78 is 63.6. The number of carbonyl (C=O) groups excluding carboxylic acids is 1. The van der Waals surface area contributed by atoms with E-state index in [9.17, 15) is 26.7 Å². The standard InChI is InChI=1S/C12H12F3N3.C7H12F2O2/c1-7-16-9-5-6-10(12(13,14)15)17-11(9)18(7)8-3-2-4-8;1-3-5(10)4-7(2,11)6(8)9/h5-6,8H,2-4H2,1H3;6,11H,3-4H2,1-2H3. The molecule has 5 nitrogen and oxygen atoms in total. The molecular formula is C19H24F5N3O2. The van der Waals surface area contributed by atoms with E-state index >= 15 is 0 Å². The SMILES string of the molecule is CCC(=O)CC(C)(O)C(F)F.Cc1nc2ccc(C(F)(F)F)nc2n1C1CCC1. The largest absolute Gasteiger partial charge is 0.433 e. The van der Waals surface area contributed by atoms with Gasteiger partial charge >= 0.3 is 6.18 Å². The van der Waals surface area contributed by atoms with Crippen molar-refractivity contribution in [3.8, 4) is 0 Å². The average Bonchev–Trinajstić information content (AvgIpc) is 2.88. The Labute approximate surface area is 164 Å². The minimum atomic E-state index is -4.41. The maximum absolute atomic E-state index is 12.7. The molecule has 0 bridgehead atoms. The normalized spacial score (nSPS) is 16.9. The quantitative estimate of drug-likeness (QED) is 0.701. The maximum atomic E-state index is 12.7. The molecule has 1 saturated carbocycles. The van der Waals surface area contributed by atoms with Gasteiger partial charge in [0.1, 0.15) is 28.4 Å². The molecule has 0 saturated heterocycles. The van der Waals surface area contributed by atoms with Crippen LogP contribution in [0, 0.1) is 6.92 Å². The fourth-order valence-corrected chi connectivity index (χ4v) is 2.93. The second-order valence-corrected chi connectivity index (χ2v) is 7.38. The van der Waals surface area contributed by atoms with Crippen LogP contribution in [-0.2, 0) is 11.0 Å². The van der Waals surface area contributed by atoms with Crippen LogP contribution in [0.5, 0.6) is 0 Å². The summed E-state index contributed by atoms with van der Waals surface area (Å²) in [5.41, 5.74) is -2.12. The van der Waals surface area contributed by atoms with E-state index in [0.29, 0.717) is 11.2 Å². The van der Waals surface area contributed by atoms with E-state index in [1.54, 1.807) is 6.92 Å². The number of carbonyl (C=O) groups is 1. The minimum absolute atomic E-state index is 0.183. The van der Waals surface area contributed by atoms with Crippen molar-refractivity contribution < 1.29 is 31.9 Å². The van der Waals surface area contributed by atoms with Crippen LogP contribution < -0.4 is 0 Å². The maximum Gasteiger partial charge on any atom is 0.433 e. The lowest BCUT2D eigenvalue weighted by Gasteiger charge is -2.28. The monoisotopic (exact) mass is 421 g/mol. The molecule has 1 fully saturated rings. The zero-order valence-electron chi connectivity index (χ0n) is 16.4. The van der Waals surface area contributed by atoms with Crippen molar-refractivity contribution in [1.29, 1.82) is 0 Å². The van der Waals surface area contributed by atoms with Crippen LogP contribution in [0.2, 0.25) is 0 Å². The molecule has 1 unspecified atom stereocenters. The van der Waals surface area contributed by atoms with Crippen molar-refractivity contribution in [2.75, 3.05) is 0 Å². The van der Waals surface area contributed by atoms with E-state index in [2.05, 4.69) is 9.97 Å². The smallest absolute Gasteiger partial charge is 0.384 e.